The first-order valence-corrected chi connectivity index (χ1v) is 12.5. The van der Waals surface area contributed by atoms with E-state index in [9.17, 15) is 8.78 Å². The van der Waals surface area contributed by atoms with Crippen LogP contribution in [0.4, 0.5) is 8.78 Å². The van der Waals surface area contributed by atoms with Crippen LogP contribution in [0, 0.1) is 5.92 Å². The lowest BCUT2D eigenvalue weighted by Gasteiger charge is -2.07. The number of nitrogens with zero attached hydrogens (tertiary/aromatic N) is 2. The molecule has 3 rings (SSSR count). The predicted octanol–water partition coefficient (Wildman–Crippen LogP) is 9.52. The van der Waals surface area contributed by atoms with Gasteiger partial charge < -0.3 is 0 Å². The molecule has 1 unspecified atom stereocenters. The molecule has 4 heteroatoms. The van der Waals surface area contributed by atoms with Gasteiger partial charge in [0.2, 0.25) is 0 Å². The van der Waals surface area contributed by atoms with Gasteiger partial charge in [-0.2, -0.15) is 0 Å². The molecule has 0 spiro atoms. The second kappa shape index (κ2) is 15.2. The number of allylic oxidation sites excluding steroid dienone is 2. The van der Waals surface area contributed by atoms with Crippen LogP contribution in [0.3, 0.4) is 0 Å². The lowest BCUT2D eigenvalue weighted by molar-refractivity contribution is 0.0997. The van der Waals surface area contributed by atoms with Gasteiger partial charge in [0.15, 0.2) is 5.84 Å². The largest absolute Gasteiger partial charge is 0.285 e. The standard InChI is InChI=1S/C14H14F2N2.C9H10.C8H18/c1-9(2)10-4-6-11(7-5-10)13-17-8-12(18-13)14(3,15)16;1-8(2)9-6-4-3-5-7-9;1-4-6-7-8(3)5-2/h4-7H,1,8H2,2-3H3;3-7H,1H2,2H3;8H,4-7H2,1-3H3. The van der Waals surface area contributed by atoms with Crippen LogP contribution >= 0.6 is 0 Å². The zero-order chi connectivity index (χ0) is 26.4. The maximum atomic E-state index is 13.1. The molecule has 2 aromatic carbocycles. The summed E-state index contributed by atoms with van der Waals surface area (Å²) in [4.78, 5) is 7.94. The van der Waals surface area contributed by atoms with E-state index in [-0.39, 0.29) is 12.3 Å². The van der Waals surface area contributed by atoms with Crippen LogP contribution in [0.1, 0.15) is 83.9 Å². The van der Waals surface area contributed by atoms with E-state index in [1.54, 1.807) is 0 Å². The minimum atomic E-state index is -2.90. The Hall–Kier alpha value is -2.88. The molecular formula is C31H42F2N2. The minimum absolute atomic E-state index is 0.0267. The van der Waals surface area contributed by atoms with Gasteiger partial charge in [0, 0.05) is 12.5 Å². The predicted molar refractivity (Wildman–Crippen MR) is 151 cm³/mol. The average Bonchev–Trinajstić information content (AvgIpc) is 3.35. The number of hydrogen-bond acceptors (Lipinski definition) is 2. The number of amidine groups is 1. The van der Waals surface area contributed by atoms with E-state index in [1.807, 2.05) is 56.3 Å². The van der Waals surface area contributed by atoms with Crippen molar-refractivity contribution in [3.05, 3.63) is 84.4 Å². The molecule has 0 bridgehead atoms. The SMILES string of the molecule is C=C(C)c1ccc(C2=NCC(C(C)(F)F)=N2)cc1.C=C(C)c1ccccc1.CCCCC(C)CC. The van der Waals surface area contributed by atoms with Crippen molar-refractivity contribution in [3.8, 4) is 0 Å². The van der Waals surface area contributed by atoms with Crippen molar-refractivity contribution in [3.63, 3.8) is 0 Å². The number of benzene rings is 2. The molecule has 0 aromatic heterocycles. The summed E-state index contributed by atoms with van der Waals surface area (Å²) in [7, 11) is 0. The van der Waals surface area contributed by atoms with Crippen molar-refractivity contribution in [2.24, 2.45) is 15.9 Å². The maximum Gasteiger partial charge on any atom is 0.285 e. The first-order valence-electron chi connectivity index (χ1n) is 12.5. The van der Waals surface area contributed by atoms with Gasteiger partial charge in [-0.05, 0) is 30.9 Å². The van der Waals surface area contributed by atoms with Crippen LogP contribution in [-0.2, 0) is 0 Å². The van der Waals surface area contributed by atoms with E-state index in [0.29, 0.717) is 5.84 Å². The molecule has 1 atom stereocenters. The second-order valence-corrected chi connectivity index (χ2v) is 9.25. The van der Waals surface area contributed by atoms with Gasteiger partial charge in [-0.25, -0.2) is 13.8 Å². The van der Waals surface area contributed by atoms with Crippen molar-refractivity contribution in [2.45, 2.75) is 73.1 Å². The van der Waals surface area contributed by atoms with Crippen LogP contribution in [0.5, 0.6) is 0 Å². The highest BCUT2D eigenvalue weighted by Crippen LogP contribution is 2.21. The van der Waals surface area contributed by atoms with Crippen LogP contribution in [0.25, 0.3) is 11.1 Å². The molecule has 0 amide bonds. The number of halogens is 2. The molecule has 0 aliphatic carbocycles. The van der Waals surface area contributed by atoms with Crippen LogP contribution in [0.2, 0.25) is 0 Å². The molecule has 1 aliphatic heterocycles. The summed E-state index contributed by atoms with van der Waals surface area (Å²) in [6, 6.07) is 17.6. The van der Waals surface area contributed by atoms with Gasteiger partial charge in [0.1, 0.15) is 5.71 Å². The molecule has 2 nitrogen and oxygen atoms in total. The summed E-state index contributed by atoms with van der Waals surface area (Å²) in [5.41, 5.74) is 4.88. The molecule has 1 heterocycles. The third-order valence-corrected chi connectivity index (χ3v) is 5.78. The maximum absolute atomic E-state index is 13.1. The first-order chi connectivity index (χ1) is 16.5. The average molecular weight is 481 g/mol. The van der Waals surface area contributed by atoms with Gasteiger partial charge in [-0.15, -0.1) is 0 Å². The summed E-state index contributed by atoms with van der Waals surface area (Å²) in [6.07, 6.45) is 5.53. The van der Waals surface area contributed by atoms with Crippen LogP contribution in [-0.4, -0.2) is 24.0 Å². The zero-order valence-corrected chi connectivity index (χ0v) is 22.4. The smallest absolute Gasteiger partial charge is 0.260 e. The molecule has 0 N–H and O–H groups in total. The Morgan fingerprint density at radius 2 is 1.49 bits per heavy atom. The van der Waals surface area contributed by atoms with Crippen LogP contribution in [0.15, 0.2) is 77.7 Å². The highest BCUT2D eigenvalue weighted by molar-refractivity contribution is 6.13. The van der Waals surface area contributed by atoms with E-state index in [0.717, 1.165) is 35.1 Å². The van der Waals surface area contributed by atoms with Gasteiger partial charge in [-0.3, -0.25) is 4.99 Å². The zero-order valence-electron chi connectivity index (χ0n) is 22.4. The lowest BCUT2D eigenvalue weighted by Crippen LogP contribution is -2.25. The fourth-order valence-corrected chi connectivity index (χ4v) is 3.12. The Morgan fingerprint density at radius 1 is 0.943 bits per heavy atom. The Labute approximate surface area is 211 Å². The number of hydrogen-bond donors (Lipinski definition) is 0. The molecule has 0 saturated heterocycles. The quantitative estimate of drug-likeness (QED) is 0.359. The highest BCUT2D eigenvalue weighted by Gasteiger charge is 2.32. The van der Waals surface area contributed by atoms with Crippen molar-refractivity contribution in [1.82, 2.24) is 0 Å². The molecule has 190 valence electrons. The fraction of sp³-hybridized carbons (Fsp3) is 0.419. The Kier molecular flexibility index (Phi) is 13.1. The van der Waals surface area contributed by atoms with Gasteiger partial charge in [-0.1, -0.05) is 125 Å². The summed E-state index contributed by atoms with van der Waals surface area (Å²) in [6.45, 7) is 19.2. The number of aliphatic imine (C=N–C) groups is 2. The van der Waals surface area contributed by atoms with Gasteiger partial charge in [0.05, 0.1) is 6.54 Å². The minimum Gasteiger partial charge on any atom is -0.260 e. The van der Waals surface area contributed by atoms with Crippen molar-refractivity contribution in [2.75, 3.05) is 6.54 Å². The molecule has 0 saturated carbocycles. The molecular weight excluding hydrogens is 438 g/mol. The number of alkyl halides is 2. The molecule has 0 radical (unpaired) electrons. The molecule has 35 heavy (non-hydrogen) atoms. The topological polar surface area (TPSA) is 24.7 Å². The Morgan fingerprint density at radius 3 is 1.89 bits per heavy atom. The second-order valence-electron chi connectivity index (χ2n) is 9.25. The molecule has 1 aliphatic rings. The summed E-state index contributed by atoms with van der Waals surface area (Å²) in [5, 5.41) is 0. The third kappa shape index (κ3) is 11.4. The van der Waals surface area contributed by atoms with E-state index in [4.69, 9.17) is 0 Å². The summed E-state index contributed by atoms with van der Waals surface area (Å²) in [5.74, 6) is -1.57. The summed E-state index contributed by atoms with van der Waals surface area (Å²) < 4.78 is 26.1. The lowest BCUT2D eigenvalue weighted by atomic mass is 10.0. The van der Waals surface area contributed by atoms with Crippen LogP contribution < -0.4 is 0 Å². The Bertz CT molecular complexity index is 981. The van der Waals surface area contributed by atoms with E-state index >= 15 is 0 Å². The fourth-order valence-electron chi connectivity index (χ4n) is 3.12. The van der Waals surface area contributed by atoms with Crippen molar-refractivity contribution < 1.29 is 8.78 Å². The monoisotopic (exact) mass is 480 g/mol. The van der Waals surface area contributed by atoms with E-state index in [2.05, 4.69) is 56.0 Å². The Balaban J connectivity index is 0.000000302. The molecule has 2 aromatic rings. The van der Waals surface area contributed by atoms with Gasteiger partial charge >= 0.3 is 0 Å². The van der Waals surface area contributed by atoms with Gasteiger partial charge in [0.25, 0.3) is 5.92 Å². The van der Waals surface area contributed by atoms with E-state index < -0.39 is 5.92 Å². The highest BCUT2D eigenvalue weighted by atomic mass is 19.3. The van der Waals surface area contributed by atoms with E-state index in [1.165, 1.54) is 31.2 Å². The number of rotatable bonds is 8. The summed E-state index contributed by atoms with van der Waals surface area (Å²) >= 11 is 0. The normalized spacial score (nSPS) is 13.4. The van der Waals surface area contributed by atoms with Crippen molar-refractivity contribution in [1.29, 1.82) is 0 Å². The molecule has 0 fully saturated rings. The number of unbranched alkanes of at least 4 members (excludes halogenated alkanes) is 1. The van der Waals surface area contributed by atoms with Crippen molar-refractivity contribution >= 4 is 22.7 Å². The first kappa shape index (κ1) is 30.2. The third-order valence-electron chi connectivity index (χ3n) is 5.78.